The second kappa shape index (κ2) is 8.21. The summed E-state index contributed by atoms with van der Waals surface area (Å²) in [5, 5.41) is 0.789. The molecule has 2 aromatic rings. The lowest BCUT2D eigenvalue weighted by Crippen LogP contribution is -2.32. The molecule has 2 aliphatic heterocycles. The molecule has 0 unspecified atom stereocenters. The van der Waals surface area contributed by atoms with Crippen molar-refractivity contribution in [3.8, 4) is 5.75 Å². The highest BCUT2D eigenvalue weighted by molar-refractivity contribution is 6.36. The van der Waals surface area contributed by atoms with Crippen molar-refractivity contribution in [2.24, 2.45) is 29.6 Å². The van der Waals surface area contributed by atoms with E-state index in [0.29, 0.717) is 21.4 Å². The lowest BCUT2D eigenvalue weighted by molar-refractivity contribution is -0.139. The third-order valence-corrected chi connectivity index (χ3v) is 7.98. The van der Waals surface area contributed by atoms with Crippen LogP contribution in [-0.4, -0.2) is 30.2 Å². The number of carbonyl (C=O) groups excluding carboxylic acids is 4. The first-order valence-corrected chi connectivity index (χ1v) is 12.2. The Bertz CT molecular complexity index is 1290. The number of halogens is 2. The molecule has 4 aliphatic rings. The number of ether oxygens (including phenoxy) is 1. The zero-order chi connectivity index (χ0) is 24.4. The average molecular weight is 511 g/mol. The number of nitrogens with zero attached hydrogens (tertiary/aromatic N) is 2. The Morgan fingerprint density at radius 2 is 1.66 bits per heavy atom. The summed E-state index contributed by atoms with van der Waals surface area (Å²) in [4.78, 5) is 54.3. The summed E-state index contributed by atoms with van der Waals surface area (Å²) in [6, 6.07) is 11.2. The third-order valence-electron chi connectivity index (χ3n) is 7.42. The van der Waals surface area contributed by atoms with E-state index in [4.69, 9.17) is 27.9 Å². The van der Waals surface area contributed by atoms with Gasteiger partial charge in [-0.2, -0.15) is 0 Å². The van der Waals surface area contributed by atoms with Crippen molar-refractivity contribution < 1.29 is 23.9 Å². The number of benzene rings is 2. The van der Waals surface area contributed by atoms with Crippen LogP contribution >= 0.6 is 23.2 Å². The van der Waals surface area contributed by atoms with Crippen LogP contribution in [0.2, 0.25) is 10.0 Å². The summed E-state index contributed by atoms with van der Waals surface area (Å²) in [7, 11) is 0. The van der Waals surface area contributed by atoms with Gasteiger partial charge in [-0.05, 0) is 48.6 Å². The maximum atomic E-state index is 13.1. The van der Waals surface area contributed by atoms with Gasteiger partial charge in [0.15, 0.2) is 0 Å². The topological polar surface area (TPSA) is 84.0 Å². The highest BCUT2D eigenvalue weighted by atomic mass is 35.5. The molecule has 2 heterocycles. The number of rotatable bonds is 4. The van der Waals surface area contributed by atoms with E-state index in [0.717, 1.165) is 6.42 Å². The van der Waals surface area contributed by atoms with Crippen molar-refractivity contribution in [2.75, 3.05) is 16.3 Å². The molecule has 2 aliphatic carbocycles. The molecule has 2 bridgehead atoms. The molecule has 0 spiro atoms. The van der Waals surface area contributed by atoms with Gasteiger partial charge in [-0.25, -0.2) is 4.90 Å². The van der Waals surface area contributed by atoms with Crippen LogP contribution < -0.4 is 14.5 Å². The van der Waals surface area contributed by atoms with E-state index in [9.17, 15) is 19.2 Å². The number of imide groups is 1. The average Bonchev–Trinajstić information content (AvgIpc) is 3.59. The maximum Gasteiger partial charge on any atom is 0.316 e. The van der Waals surface area contributed by atoms with Crippen LogP contribution in [0.4, 0.5) is 11.4 Å². The van der Waals surface area contributed by atoms with E-state index in [2.05, 4.69) is 0 Å². The molecule has 178 valence electrons. The molecule has 3 amide bonds. The number of esters is 1. The molecule has 6 rings (SSSR count). The van der Waals surface area contributed by atoms with Gasteiger partial charge >= 0.3 is 5.97 Å². The highest BCUT2D eigenvalue weighted by Gasteiger charge is 2.59. The fourth-order valence-corrected chi connectivity index (χ4v) is 6.22. The second-order valence-electron chi connectivity index (χ2n) is 9.43. The fourth-order valence-electron chi connectivity index (χ4n) is 5.83. The Kier molecular flexibility index (Phi) is 5.23. The van der Waals surface area contributed by atoms with Crippen molar-refractivity contribution in [3.05, 3.63) is 64.7 Å². The second-order valence-corrected chi connectivity index (χ2v) is 10.3. The molecule has 0 aromatic heterocycles. The molecule has 9 heteroatoms. The molecule has 3 fully saturated rings. The molecule has 2 aromatic carbocycles. The van der Waals surface area contributed by atoms with Crippen LogP contribution in [0.3, 0.4) is 0 Å². The van der Waals surface area contributed by atoms with Crippen LogP contribution in [0, 0.1) is 29.6 Å². The molecular formula is C26H20Cl2N2O5. The number of anilines is 2. The van der Waals surface area contributed by atoms with Crippen molar-refractivity contribution in [1.82, 2.24) is 0 Å². The minimum absolute atomic E-state index is 0.0242. The Hall–Kier alpha value is -3.16. The van der Waals surface area contributed by atoms with Crippen molar-refractivity contribution >= 4 is 58.3 Å². The van der Waals surface area contributed by atoms with E-state index in [1.807, 2.05) is 12.2 Å². The Labute approximate surface area is 211 Å². The summed E-state index contributed by atoms with van der Waals surface area (Å²) in [5.41, 5.74) is 0.829. The predicted octanol–water partition coefficient (Wildman–Crippen LogP) is 4.26. The third kappa shape index (κ3) is 3.56. The largest absolute Gasteiger partial charge is 0.426 e. The van der Waals surface area contributed by atoms with Gasteiger partial charge in [0.1, 0.15) is 5.75 Å². The SMILES string of the molecule is O=C(Oc1cccc(N2C(=O)[C@@H]3[C@H](C2=O)[C@H]2C=C[C@H]3C2)c1)[C@@H]1CC(=O)N(c2cc(Cl)ccc2Cl)C1. The number of hydrogen-bond donors (Lipinski definition) is 0. The normalized spacial score (nSPS) is 28.9. The van der Waals surface area contributed by atoms with Crippen molar-refractivity contribution in [2.45, 2.75) is 12.8 Å². The molecule has 1 saturated carbocycles. The maximum absolute atomic E-state index is 13.1. The van der Waals surface area contributed by atoms with Crippen molar-refractivity contribution in [1.29, 1.82) is 0 Å². The van der Waals surface area contributed by atoms with Crippen LogP contribution in [0.1, 0.15) is 12.8 Å². The molecule has 5 atom stereocenters. The molecule has 0 radical (unpaired) electrons. The quantitative estimate of drug-likeness (QED) is 0.265. The summed E-state index contributed by atoms with van der Waals surface area (Å²) in [6.45, 7) is 0.111. The highest BCUT2D eigenvalue weighted by Crippen LogP contribution is 2.53. The number of carbonyl (C=O) groups is 4. The van der Waals surface area contributed by atoms with E-state index in [1.54, 1.807) is 36.4 Å². The molecule has 0 N–H and O–H groups in total. The number of hydrogen-bond acceptors (Lipinski definition) is 5. The van der Waals surface area contributed by atoms with E-state index >= 15 is 0 Å². The van der Waals surface area contributed by atoms with Gasteiger partial charge in [0.05, 0.1) is 34.2 Å². The van der Waals surface area contributed by atoms with Crippen LogP contribution in [0.15, 0.2) is 54.6 Å². The first-order valence-electron chi connectivity index (χ1n) is 11.4. The lowest BCUT2D eigenvalue weighted by Gasteiger charge is -2.19. The molecule has 2 saturated heterocycles. The first-order chi connectivity index (χ1) is 16.8. The Morgan fingerprint density at radius 3 is 2.37 bits per heavy atom. The van der Waals surface area contributed by atoms with Gasteiger partial charge in [0.2, 0.25) is 17.7 Å². The standard InChI is InChI=1S/C26H20Cl2N2O5/c27-16-6-7-19(28)20(10-16)29-12-15(9-21(29)31)26(34)35-18-3-1-2-17(11-18)30-24(32)22-13-4-5-14(8-13)23(22)25(30)33/h1-7,10-11,13-15,22-23H,8-9,12H2/t13-,14-,15+,22-,23+/m0/s1. The Balaban J connectivity index is 1.18. The summed E-state index contributed by atoms with van der Waals surface area (Å²) in [6.07, 6.45) is 4.92. The van der Waals surface area contributed by atoms with Gasteiger partial charge in [0, 0.05) is 24.1 Å². The predicted molar refractivity (Wildman–Crippen MR) is 129 cm³/mol. The monoisotopic (exact) mass is 510 g/mol. The van der Waals surface area contributed by atoms with E-state index in [-0.39, 0.29) is 60.1 Å². The zero-order valence-electron chi connectivity index (χ0n) is 18.4. The number of fused-ring (bicyclic) bond motifs is 5. The summed E-state index contributed by atoms with van der Waals surface area (Å²) >= 11 is 12.3. The van der Waals surface area contributed by atoms with E-state index in [1.165, 1.54) is 15.9 Å². The lowest BCUT2D eigenvalue weighted by atomic mass is 9.85. The molecular weight excluding hydrogens is 491 g/mol. The minimum atomic E-state index is -0.697. The summed E-state index contributed by atoms with van der Waals surface area (Å²) < 4.78 is 5.57. The number of allylic oxidation sites excluding steroid dienone is 2. The Morgan fingerprint density at radius 1 is 0.943 bits per heavy atom. The van der Waals surface area contributed by atoms with Gasteiger partial charge in [0.25, 0.3) is 0 Å². The number of amides is 3. The van der Waals surface area contributed by atoms with Gasteiger partial charge < -0.3 is 9.64 Å². The van der Waals surface area contributed by atoms with E-state index < -0.39 is 11.9 Å². The smallest absolute Gasteiger partial charge is 0.316 e. The zero-order valence-corrected chi connectivity index (χ0v) is 19.9. The first kappa shape index (κ1) is 22.3. The summed E-state index contributed by atoms with van der Waals surface area (Å²) in [5.74, 6) is -2.11. The van der Waals surface area contributed by atoms with Gasteiger partial charge in [-0.3, -0.25) is 19.2 Å². The van der Waals surface area contributed by atoms with Gasteiger partial charge in [-0.15, -0.1) is 0 Å². The van der Waals surface area contributed by atoms with Crippen LogP contribution in [0.25, 0.3) is 0 Å². The van der Waals surface area contributed by atoms with Crippen LogP contribution in [0.5, 0.6) is 5.75 Å². The van der Waals surface area contributed by atoms with Crippen molar-refractivity contribution in [3.63, 3.8) is 0 Å². The molecule has 7 nitrogen and oxygen atoms in total. The van der Waals surface area contributed by atoms with Crippen LogP contribution in [-0.2, 0) is 19.2 Å². The fraction of sp³-hybridized carbons (Fsp3) is 0.308. The minimum Gasteiger partial charge on any atom is -0.426 e. The van der Waals surface area contributed by atoms with Gasteiger partial charge in [-0.1, -0.05) is 41.4 Å². The molecule has 35 heavy (non-hydrogen) atoms.